The van der Waals surface area contributed by atoms with Crippen LogP contribution < -0.4 is 0 Å². The van der Waals surface area contributed by atoms with E-state index in [9.17, 15) is 9.59 Å². The zero-order valence-corrected chi connectivity index (χ0v) is 13.5. The molecule has 0 fully saturated rings. The third-order valence-corrected chi connectivity index (χ3v) is 3.34. The zero-order chi connectivity index (χ0) is 15.5. The molecule has 118 valence electrons. The molecular formula is C16H31NO3. The lowest BCUT2D eigenvalue weighted by atomic mass is 10.1. The van der Waals surface area contributed by atoms with E-state index in [4.69, 9.17) is 5.11 Å². The molecule has 1 N–H and O–H groups in total. The Hall–Kier alpha value is -1.06. The normalized spacial score (nSPS) is 11.1. The number of amides is 1. The van der Waals surface area contributed by atoms with Crippen molar-refractivity contribution in [2.75, 3.05) is 13.1 Å². The molecule has 0 rings (SSSR count). The molecule has 0 aromatic carbocycles. The molecule has 0 spiro atoms. The van der Waals surface area contributed by atoms with Gasteiger partial charge in [0.15, 0.2) is 0 Å². The highest BCUT2D eigenvalue weighted by molar-refractivity contribution is 5.76. The van der Waals surface area contributed by atoms with Crippen LogP contribution in [0.5, 0.6) is 0 Å². The molecule has 0 aliphatic carbocycles. The first-order valence-corrected chi connectivity index (χ1v) is 7.82. The lowest BCUT2D eigenvalue weighted by Gasteiger charge is -2.24. The molecule has 0 bridgehead atoms. The molecule has 4 nitrogen and oxygen atoms in total. The second-order valence-corrected chi connectivity index (χ2v) is 6.35. The van der Waals surface area contributed by atoms with E-state index >= 15 is 0 Å². The van der Waals surface area contributed by atoms with Gasteiger partial charge >= 0.3 is 5.97 Å². The molecule has 0 heterocycles. The van der Waals surface area contributed by atoms with Gasteiger partial charge in [0.2, 0.25) is 5.91 Å². The first kappa shape index (κ1) is 18.9. The highest BCUT2D eigenvalue weighted by Gasteiger charge is 2.14. The van der Waals surface area contributed by atoms with Crippen molar-refractivity contribution < 1.29 is 14.7 Å². The Bertz CT molecular complexity index is 275. The van der Waals surface area contributed by atoms with E-state index in [0.29, 0.717) is 31.1 Å². The molecule has 0 saturated carbocycles. The lowest BCUT2D eigenvalue weighted by Crippen LogP contribution is -2.34. The van der Waals surface area contributed by atoms with Gasteiger partial charge in [-0.3, -0.25) is 9.59 Å². The summed E-state index contributed by atoms with van der Waals surface area (Å²) in [6.45, 7) is 10.3. The Morgan fingerprint density at radius 1 is 0.900 bits per heavy atom. The van der Waals surface area contributed by atoms with Crippen molar-refractivity contribution in [3.05, 3.63) is 0 Å². The summed E-state index contributed by atoms with van der Waals surface area (Å²) < 4.78 is 0. The smallest absolute Gasteiger partial charge is 0.303 e. The summed E-state index contributed by atoms with van der Waals surface area (Å²) in [4.78, 5) is 24.6. The summed E-state index contributed by atoms with van der Waals surface area (Å²) in [5.74, 6) is 0.582. The predicted octanol–water partition coefficient (Wildman–Crippen LogP) is 3.55. The minimum atomic E-state index is -0.783. The van der Waals surface area contributed by atoms with Crippen LogP contribution in [-0.4, -0.2) is 35.0 Å². The standard InChI is InChI=1S/C16H31NO3/c1-13(2)9-11-17(12-10-14(3)4)15(18)7-5-6-8-16(19)20/h13-14H,5-12H2,1-4H3,(H,19,20). The van der Waals surface area contributed by atoms with E-state index < -0.39 is 5.97 Å². The fourth-order valence-electron chi connectivity index (χ4n) is 1.90. The van der Waals surface area contributed by atoms with Gasteiger partial charge < -0.3 is 10.0 Å². The number of unbranched alkanes of at least 4 members (excludes halogenated alkanes) is 1. The number of hydrogen-bond acceptors (Lipinski definition) is 2. The molecule has 0 aromatic heterocycles. The monoisotopic (exact) mass is 285 g/mol. The number of nitrogens with zero attached hydrogens (tertiary/aromatic N) is 1. The van der Waals surface area contributed by atoms with E-state index in [-0.39, 0.29) is 12.3 Å². The van der Waals surface area contributed by atoms with Gasteiger partial charge in [-0.2, -0.15) is 0 Å². The molecule has 1 amide bonds. The molecule has 0 radical (unpaired) electrons. The maximum Gasteiger partial charge on any atom is 0.303 e. The molecule has 0 atom stereocenters. The number of carbonyl (C=O) groups is 2. The minimum absolute atomic E-state index is 0.158. The van der Waals surface area contributed by atoms with Gasteiger partial charge in [0.25, 0.3) is 0 Å². The quantitative estimate of drug-likeness (QED) is 0.591. The first-order valence-electron chi connectivity index (χ1n) is 7.82. The van der Waals surface area contributed by atoms with Crippen LogP contribution in [0.15, 0.2) is 0 Å². The van der Waals surface area contributed by atoms with Crippen molar-refractivity contribution in [2.24, 2.45) is 11.8 Å². The molecule has 4 heteroatoms. The molecule has 0 saturated heterocycles. The molecular weight excluding hydrogens is 254 g/mol. The van der Waals surface area contributed by atoms with Crippen molar-refractivity contribution in [2.45, 2.75) is 66.2 Å². The van der Waals surface area contributed by atoms with Gasteiger partial charge in [-0.05, 0) is 37.5 Å². The summed E-state index contributed by atoms with van der Waals surface area (Å²) >= 11 is 0. The van der Waals surface area contributed by atoms with Gasteiger partial charge in [0.05, 0.1) is 0 Å². The average molecular weight is 285 g/mol. The molecule has 0 aliphatic rings. The SMILES string of the molecule is CC(C)CCN(CCC(C)C)C(=O)CCCCC(=O)O. The fraction of sp³-hybridized carbons (Fsp3) is 0.875. The number of aliphatic carboxylic acids is 1. The van der Waals surface area contributed by atoms with E-state index in [1.807, 2.05) is 4.90 Å². The Morgan fingerprint density at radius 3 is 1.75 bits per heavy atom. The van der Waals surface area contributed by atoms with Crippen molar-refractivity contribution in [1.82, 2.24) is 4.90 Å². The second-order valence-electron chi connectivity index (χ2n) is 6.35. The van der Waals surface area contributed by atoms with Crippen molar-refractivity contribution in [3.8, 4) is 0 Å². The molecule has 0 aromatic rings. The van der Waals surface area contributed by atoms with Gasteiger partial charge in [-0.15, -0.1) is 0 Å². The predicted molar refractivity (Wildman–Crippen MR) is 81.6 cm³/mol. The zero-order valence-electron chi connectivity index (χ0n) is 13.5. The summed E-state index contributed by atoms with van der Waals surface area (Å²) in [6.07, 6.45) is 3.95. The van der Waals surface area contributed by atoms with Crippen molar-refractivity contribution in [1.29, 1.82) is 0 Å². The van der Waals surface area contributed by atoms with Crippen LogP contribution >= 0.6 is 0 Å². The summed E-state index contributed by atoms with van der Waals surface area (Å²) in [5, 5.41) is 8.58. The van der Waals surface area contributed by atoms with Crippen LogP contribution in [0.25, 0.3) is 0 Å². The topological polar surface area (TPSA) is 57.6 Å². The van der Waals surface area contributed by atoms with E-state index in [0.717, 1.165) is 25.9 Å². The number of rotatable bonds is 11. The minimum Gasteiger partial charge on any atom is -0.481 e. The summed E-state index contributed by atoms with van der Waals surface area (Å²) in [6, 6.07) is 0. The van der Waals surface area contributed by atoms with Gasteiger partial charge in [0, 0.05) is 25.9 Å². The fourth-order valence-corrected chi connectivity index (χ4v) is 1.90. The molecule has 0 unspecified atom stereocenters. The third kappa shape index (κ3) is 10.8. The Balaban J connectivity index is 4.13. The second kappa shape index (κ2) is 10.7. The maximum atomic E-state index is 12.2. The van der Waals surface area contributed by atoms with Crippen LogP contribution in [0, 0.1) is 11.8 Å². The summed E-state index contributed by atoms with van der Waals surface area (Å²) in [7, 11) is 0. The molecule has 0 aliphatic heterocycles. The Labute approximate surface area is 123 Å². The number of hydrogen-bond donors (Lipinski definition) is 1. The molecule has 20 heavy (non-hydrogen) atoms. The summed E-state index contributed by atoms with van der Waals surface area (Å²) in [5.41, 5.74) is 0. The number of carboxylic acid groups (broad SMARTS) is 1. The van der Waals surface area contributed by atoms with Crippen molar-refractivity contribution >= 4 is 11.9 Å². The van der Waals surface area contributed by atoms with Crippen LogP contribution in [0.2, 0.25) is 0 Å². The van der Waals surface area contributed by atoms with E-state index in [2.05, 4.69) is 27.7 Å². The maximum absolute atomic E-state index is 12.2. The third-order valence-electron chi connectivity index (χ3n) is 3.34. The van der Waals surface area contributed by atoms with Crippen LogP contribution in [0.1, 0.15) is 66.2 Å². The van der Waals surface area contributed by atoms with E-state index in [1.54, 1.807) is 0 Å². The van der Waals surface area contributed by atoms with Crippen LogP contribution in [0.4, 0.5) is 0 Å². The highest BCUT2D eigenvalue weighted by Crippen LogP contribution is 2.10. The van der Waals surface area contributed by atoms with E-state index in [1.165, 1.54) is 0 Å². The van der Waals surface area contributed by atoms with Crippen LogP contribution in [-0.2, 0) is 9.59 Å². The Morgan fingerprint density at radius 2 is 1.35 bits per heavy atom. The lowest BCUT2D eigenvalue weighted by molar-refractivity contribution is -0.137. The number of carboxylic acids is 1. The van der Waals surface area contributed by atoms with Gasteiger partial charge in [0.1, 0.15) is 0 Å². The first-order chi connectivity index (χ1) is 9.32. The average Bonchev–Trinajstić information content (AvgIpc) is 2.33. The van der Waals surface area contributed by atoms with Gasteiger partial charge in [-0.25, -0.2) is 0 Å². The Kier molecular flexibility index (Phi) is 10.1. The number of carbonyl (C=O) groups excluding carboxylic acids is 1. The highest BCUT2D eigenvalue weighted by atomic mass is 16.4. The van der Waals surface area contributed by atoms with Crippen LogP contribution in [0.3, 0.4) is 0 Å². The van der Waals surface area contributed by atoms with Gasteiger partial charge in [-0.1, -0.05) is 27.7 Å². The van der Waals surface area contributed by atoms with Crippen molar-refractivity contribution in [3.63, 3.8) is 0 Å². The largest absolute Gasteiger partial charge is 0.481 e.